The molecule has 1 N–H and O–H groups in total. The van der Waals surface area contributed by atoms with E-state index in [4.69, 9.17) is 15.4 Å². The molecular weight excluding hydrogens is 338 g/mol. The molecule has 0 fully saturated rings. The van der Waals surface area contributed by atoms with E-state index >= 15 is 0 Å². The van der Waals surface area contributed by atoms with Crippen LogP contribution in [0.25, 0.3) is 0 Å². The maximum absolute atomic E-state index is 12.0. The van der Waals surface area contributed by atoms with Crippen LogP contribution in [-0.4, -0.2) is 28.0 Å². The fourth-order valence-electron chi connectivity index (χ4n) is 2.00. The van der Waals surface area contributed by atoms with Gasteiger partial charge in [0.15, 0.2) is 0 Å². The van der Waals surface area contributed by atoms with Gasteiger partial charge in [0.25, 0.3) is 15.0 Å². The van der Waals surface area contributed by atoms with Crippen molar-refractivity contribution in [1.82, 2.24) is 5.32 Å². The van der Waals surface area contributed by atoms with Gasteiger partial charge in [-0.25, -0.2) is 8.42 Å². The number of halogens is 1. The van der Waals surface area contributed by atoms with Gasteiger partial charge in [0, 0.05) is 22.8 Å². The number of amides is 1. The molecule has 0 saturated heterocycles. The van der Waals surface area contributed by atoms with Gasteiger partial charge in [-0.15, -0.1) is 0 Å². The largest absolute Gasteiger partial charge is 0.497 e. The molecule has 23 heavy (non-hydrogen) atoms. The van der Waals surface area contributed by atoms with E-state index in [0.717, 1.165) is 11.3 Å². The zero-order chi connectivity index (χ0) is 16.9. The fraction of sp³-hybridized carbons (Fsp3) is 0.188. The van der Waals surface area contributed by atoms with Gasteiger partial charge in [-0.1, -0.05) is 18.2 Å². The van der Waals surface area contributed by atoms with Gasteiger partial charge in [-0.3, -0.25) is 4.79 Å². The molecular formula is C16H16ClNO4S. The van der Waals surface area contributed by atoms with E-state index in [0.29, 0.717) is 13.0 Å². The average molecular weight is 354 g/mol. The predicted octanol–water partition coefficient (Wildman–Crippen LogP) is 2.60. The van der Waals surface area contributed by atoms with E-state index in [1.54, 1.807) is 7.11 Å². The van der Waals surface area contributed by atoms with E-state index in [2.05, 4.69) is 5.32 Å². The van der Waals surface area contributed by atoms with Crippen LogP contribution < -0.4 is 10.1 Å². The van der Waals surface area contributed by atoms with E-state index in [-0.39, 0.29) is 16.4 Å². The third-order valence-corrected chi connectivity index (χ3v) is 4.59. The van der Waals surface area contributed by atoms with Crippen LogP contribution in [0.1, 0.15) is 15.9 Å². The summed E-state index contributed by atoms with van der Waals surface area (Å²) in [4.78, 5) is 12.0. The molecule has 0 radical (unpaired) electrons. The summed E-state index contributed by atoms with van der Waals surface area (Å²) < 4.78 is 27.6. The van der Waals surface area contributed by atoms with Crippen LogP contribution in [0.15, 0.2) is 53.4 Å². The first-order chi connectivity index (χ1) is 10.9. The van der Waals surface area contributed by atoms with Gasteiger partial charge in [-0.05, 0) is 42.3 Å². The lowest BCUT2D eigenvalue weighted by Crippen LogP contribution is -2.25. The highest BCUT2D eigenvalue weighted by atomic mass is 35.7. The number of nitrogens with one attached hydrogen (secondary N) is 1. The first-order valence-electron chi connectivity index (χ1n) is 6.86. The molecule has 0 heterocycles. The summed E-state index contributed by atoms with van der Waals surface area (Å²) >= 11 is 0. The second-order valence-corrected chi connectivity index (χ2v) is 7.39. The molecule has 0 aliphatic rings. The van der Waals surface area contributed by atoms with Crippen LogP contribution in [0.5, 0.6) is 5.75 Å². The maximum atomic E-state index is 12.0. The van der Waals surface area contributed by atoms with Crippen molar-refractivity contribution >= 4 is 25.6 Å². The minimum absolute atomic E-state index is 0.0954. The second kappa shape index (κ2) is 7.48. The van der Waals surface area contributed by atoms with Gasteiger partial charge < -0.3 is 10.1 Å². The van der Waals surface area contributed by atoms with Gasteiger partial charge >= 0.3 is 0 Å². The van der Waals surface area contributed by atoms with Crippen LogP contribution in [0, 0.1) is 0 Å². The molecule has 2 aromatic rings. The highest BCUT2D eigenvalue weighted by Crippen LogP contribution is 2.16. The first kappa shape index (κ1) is 17.3. The quantitative estimate of drug-likeness (QED) is 0.810. The van der Waals surface area contributed by atoms with E-state index in [1.165, 1.54) is 24.3 Å². The van der Waals surface area contributed by atoms with Crippen molar-refractivity contribution in [3.8, 4) is 5.75 Å². The second-order valence-electron chi connectivity index (χ2n) is 4.82. The number of hydrogen-bond donors (Lipinski definition) is 1. The maximum Gasteiger partial charge on any atom is 0.261 e. The first-order valence-corrected chi connectivity index (χ1v) is 9.17. The Kier molecular flexibility index (Phi) is 5.63. The van der Waals surface area contributed by atoms with Crippen LogP contribution in [-0.2, 0) is 15.5 Å². The molecule has 0 bridgehead atoms. The number of benzene rings is 2. The van der Waals surface area contributed by atoms with Gasteiger partial charge in [0.2, 0.25) is 0 Å². The summed E-state index contributed by atoms with van der Waals surface area (Å²) in [5.74, 6) is 0.428. The average Bonchev–Trinajstić information content (AvgIpc) is 2.54. The molecule has 0 atom stereocenters. The summed E-state index contributed by atoms with van der Waals surface area (Å²) in [6.07, 6.45) is 0.656. The van der Waals surface area contributed by atoms with Crippen LogP contribution in [0.3, 0.4) is 0 Å². The molecule has 0 aliphatic carbocycles. The third kappa shape index (κ3) is 4.97. The van der Waals surface area contributed by atoms with E-state index in [9.17, 15) is 13.2 Å². The summed E-state index contributed by atoms with van der Waals surface area (Å²) in [5.41, 5.74) is 1.31. The van der Waals surface area contributed by atoms with Crippen molar-refractivity contribution in [1.29, 1.82) is 0 Å². The summed E-state index contributed by atoms with van der Waals surface area (Å²) in [7, 11) is 3.03. The highest BCUT2D eigenvalue weighted by molar-refractivity contribution is 8.13. The van der Waals surface area contributed by atoms with Gasteiger partial charge in [-0.2, -0.15) is 0 Å². The molecule has 0 aliphatic heterocycles. The molecule has 1 amide bonds. The Morgan fingerprint density at radius 2 is 1.87 bits per heavy atom. The number of ether oxygens (including phenoxy) is 1. The molecule has 2 rings (SSSR count). The Labute approximate surface area is 139 Å². The molecule has 0 spiro atoms. The highest BCUT2D eigenvalue weighted by Gasteiger charge is 2.13. The summed E-state index contributed by atoms with van der Waals surface area (Å²) in [6, 6.07) is 13.2. The van der Waals surface area contributed by atoms with Gasteiger partial charge in [0.1, 0.15) is 5.75 Å². The number of hydrogen-bond acceptors (Lipinski definition) is 4. The van der Waals surface area contributed by atoms with Crippen molar-refractivity contribution in [3.63, 3.8) is 0 Å². The van der Waals surface area contributed by atoms with Crippen LogP contribution >= 0.6 is 10.7 Å². The lowest BCUT2D eigenvalue weighted by Gasteiger charge is -2.07. The molecule has 0 unspecified atom stereocenters. The Morgan fingerprint density at radius 1 is 1.17 bits per heavy atom. The molecule has 0 aromatic heterocycles. The van der Waals surface area contributed by atoms with Gasteiger partial charge in [0.05, 0.1) is 12.0 Å². The Hall–Kier alpha value is -2.05. The Balaban J connectivity index is 1.94. The van der Waals surface area contributed by atoms with Crippen molar-refractivity contribution in [2.45, 2.75) is 11.3 Å². The monoisotopic (exact) mass is 353 g/mol. The van der Waals surface area contributed by atoms with E-state index in [1.807, 2.05) is 24.3 Å². The zero-order valence-electron chi connectivity index (χ0n) is 12.5. The lowest BCUT2D eigenvalue weighted by molar-refractivity contribution is 0.0954. The van der Waals surface area contributed by atoms with E-state index < -0.39 is 9.05 Å². The molecule has 2 aromatic carbocycles. The zero-order valence-corrected chi connectivity index (χ0v) is 14.0. The van der Waals surface area contributed by atoms with Crippen LogP contribution in [0.4, 0.5) is 0 Å². The van der Waals surface area contributed by atoms with Crippen LogP contribution in [0.2, 0.25) is 0 Å². The summed E-state index contributed by atoms with van der Waals surface area (Å²) in [6.45, 7) is 0.434. The number of carbonyl (C=O) groups is 1. The molecule has 122 valence electrons. The Morgan fingerprint density at radius 3 is 2.48 bits per heavy atom. The minimum Gasteiger partial charge on any atom is -0.497 e. The van der Waals surface area contributed by atoms with Crippen molar-refractivity contribution in [3.05, 3.63) is 59.7 Å². The van der Waals surface area contributed by atoms with Crippen molar-refractivity contribution in [2.24, 2.45) is 0 Å². The SMILES string of the molecule is COc1ccc(CCNC(=O)c2cccc(S(=O)(=O)Cl)c2)cc1. The fourth-order valence-corrected chi connectivity index (χ4v) is 2.80. The van der Waals surface area contributed by atoms with Crippen molar-refractivity contribution < 1.29 is 17.9 Å². The molecule has 0 saturated carbocycles. The lowest BCUT2D eigenvalue weighted by atomic mass is 10.1. The summed E-state index contributed by atoms with van der Waals surface area (Å²) in [5, 5.41) is 2.75. The number of methoxy groups -OCH3 is 1. The molecule has 5 nitrogen and oxygen atoms in total. The van der Waals surface area contributed by atoms with Crippen molar-refractivity contribution in [2.75, 3.05) is 13.7 Å². The third-order valence-electron chi connectivity index (χ3n) is 3.24. The Bertz CT molecular complexity index is 788. The standard InChI is InChI=1S/C16H16ClNO4S/c1-22-14-7-5-12(6-8-14)9-10-18-16(19)13-3-2-4-15(11-13)23(17,20)21/h2-8,11H,9-10H2,1H3,(H,18,19). The topological polar surface area (TPSA) is 72.5 Å². The predicted molar refractivity (Wildman–Crippen MR) is 88.5 cm³/mol. The smallest absolute Gasteiger partial charge is 0.261 e. The number of carbonyl (C=O) groups excluding carboxylic acids is 1. The normalized spacial score (nSPS) is 11.0. The molecule has 7 heteroatoms. The minimum atomic E-state index is -3.85. The number of rotatable bonds is 6.